The topological polar surface area (TPSA) is 112 Å². The van der Waals surface area contributed by atoms with Crippen molar-refractivity contribution in [2.45, 2.75) is 18.5 Å². The van der Waals surface area contributed by atoms with Crippen LogP contribution < -0.4 is 5.73 Å². The highest BCUT2D eigenvalue weighted by molar-refractivity contribution is 5.83. The number of hydrogen-bond acceptors (Lipinski definition) is 5. The second-order valence-corrected chi connectivity index (χ2v) is 5.60. The maximum atomic E-state index is 11.1. The number of hydrogen-bond donors (Lipinski definition) is 2. The number of nitrogens with two attached hydrogens (primary N) is 1. The Morgan fingerprint density at radius 1 is 1.36 bits per heavy atom. The summed E-state index contributed by atoms with van der Waals surface area (Å²) in [5, 5.41) is 9.12. The lowest BCUT2D eigenvalue weighted by atomic mass is 10.2. The molecule has 8 heteroatoms. The number of fused-ring (bicyclic) bond motifs is 1. The van der Waals surface area contributed by atoms with Crippen molar-refractivity contribution in [3.05, 3.63) is 37.2 Å². The van der Waals surface area contributed by atoms with Gasteiger partial charge in [0, 0.05) is 24.9 Å². The summed E-state index contributed by atoms with van der Waals surface area (Å²) in [7, 11) is 0. The molecule has 4 rings (SSSR count). The van der Waals surface area contributed by atoms with Gasteiger partial charge in [-0.25, -0.2) is 15.0 Å². The van der Waals surface area contributed by atoms with Crippen LogP contribution in [0.4, 0.5) is 0 Å². The zero-order valence-corrected chi connectivity index (χ0v) is 11.6. The Labute approximate surface area is 125 Å². The molecular formula is C14H14N6O2. The van der Waals surface area contributed by atoms with E-state index in [0.717, 1.165) is 0 Å². The summed E-state index contributed by atoms with van der Waals surface area (Å²) in [6.07, 6.45) is 7.38. The van der Waals surface area contributed by atoms with E-state index >= 15 is 0 Å². The predicted molar refractivity (Wildman–Crippen MR) is 77.3 cm³/mol. The normalized spacial score (nSPS) is 23.8. The third-order valence-corrected chi connectivity index (χ3v) is 4.20. The molecule has 0 spiro atoms. The van der Waals surface area contributed by atoms with Crippen LogP contribution in [0.1, 0.15) is 6.42 Å². The molecule has 3 aromatic rings. The quantitative estimate of drug-likeness (QED) is 0.722. The van der Waals surface area contributed by atoms with Gasteiger partial charge in [-0.05, 0) is 18.6 Å². The van der Waals surface area contributed by atoms with Gasteiger partial charge in [0.05, 0.1) is 6.33 Å². The Bertz CT molecular complexity index is 855. The molecule has 3 aromatic heterocycles. The van der Waals surface area contributed by atoms with Crippen molar-refractivity contribution in [1.29, 1.82) is 0 Å². The molecule has 1 fully saturated rings. The van der Waals surface area contributed by atoms with Crippen LogP contribution in [0, 0.1) is 5.92 Å². The van der Waals surface area contributed by atoms with Gasteiger partial charge in [-0.1, -0.05) is 0 Å². The molecule has 0 aliphatic heterocycles. The second kappa shape index (κ2) is 4.38. The molecule has 3 N–H and O–H groups in total. The van der Waals surface area contributed by atoms with E-state index in [1.165, 1.54) is 6.33 Å². The van der Waals surface area contributed by atoms with Crippen molar-refractivity contribution >= 4 is 17.1 Å². The van der Waals surface area contributed by atoms with Crippen molar-refractivity contribution < 1.29 is 9.90 Å². The van der Waals surface area contributed by atoms with Gasteiger partial charge in [-0.3, -0.25) is 4.79 Å². The Morgan fingerprint density at radius 3 is 2.82 bits per heavy atom. The van der Waals surface area contributed by atoms with Crippen molar-refractivity contribution in [3.8, 4) is 5.82 Å². The molecule has 0 unspecified atom stereocenters. The van der Waals surface area contributed by atoms with Gasteiger partial charge < -0.3 is 20.0 Å². The SMILES string of the molecule is N[C@@]1(C(=O)O)C[C@H]1Cn1cnc2c(-n3cccc3)ncnc21. The molecule has 22 heavy (non-hydrogen) atoms. The Morgan fingerprint density at radius 2 is 2.14 bits per heavy atom. The van der Waals surface area contributed by atoms with Crippen molar-refractivity contribution in [3.63, 3.8) is 0 Å². The molecule has 3 heterocycles. The van der Waals surface area contributed by atoms with Gasteiger partial charge in [0.1, 0.15) is 11.9 Å². The zero-order chi connectivity index (χ0) is 15.3. The first-order chi connectivity index (χ1) is 10.6. The number of nitrogens with zero attached hydrogens (tertiary/aromatic N) is 5. The lowest BCUT2D eigenvalue weighted by Crippen LogP contribution is -2.35. The van der Waals surface area contributed by atoms with Gasteiger partial charge in [0.2, 0.25) is 0 Å². The lowest BCUT2D eigenvalue weighted by Gasteiger charge is -2.07. The van der Waals surface area contributed by atoms with E-state index in [1.54, 1.807) is 6.33 Å². The summed E-state index contributed by atoms with van der Waals surface area (Å²) in [4.78, 5) is 24.0. The third-order valence-electron chi connectivity index (χ3n) is 4.20. The van der Waals surface area contributed by atoms with Crippen LogP contribution in [0.2, 0.25) is 0 Å². The lowest BCUT2D eigenvalue weighted by molar-refractivity contribution is -0.140. The van der Waals surface area contributed by atoms with Crippen LogP contribution in [0.3, 0.4) is 0 Å². The fraction of sp³-hybridized carbons (Fsp3) is 0.286. The fourth-order valence-electron chi connectivity index (χ4n) is 2.74. The number of carboxylic acids is 1. The van der Waals surface area contributed by atoms with Gasteiger partial charge in [-0.2, -0.15) is 0 Å². The summed E-state index contributed by atoms with van der Waals surface area (Å²) in [6.45, 7) is 0.488. The van der Waals surface area contributed by atoms with E-state index in [0.29, 0.717) is 29.9 Å². The average Bonchev–Trinajstić information content (AvgIpc) is 2.90. The van der Waals surface area contributed by atoms with E-state index in [-0.39, 0.29) is 5.92 Å². The summed E-state index contributed by atoms with van der Waals surface area (Å²) in [6, 6.07) is 3.82. The summed E-state index contributed by atoms with van der Waals surface area (Å²) in [5.74, 6) is -0.362. The molecule has 0 aromatic carbocycles. The first kappa shape index (κ1) is 13.0. The molecule has 2 atom stereocenters. The molecule has 1 saturated carbocycles. The number of aromatic nitrogens is 5. The molecular weight excluding hydrogens is 284 g/mol. The first-order valence-electron chi connectivity index (χ1n) is 6.91. The Kier molecular flexibility index (Phi) is 2.58. The molecule has 0 radical (unpaired) electrons. The number of imidazole rings is 1. The molecule has 1 aliphatic rings. The van der Waals surface area contributed by atoms with E-state index < -0.39 is 11.5 Å². The standard InChI is InChI=1S/C14H14N6O2/c15-14(13(21)22)5-9(14)6-20-8-18-10-11(16-7-17-12(10)20)19-3-1-2-4-19/h1-4,7-9H,5-6,15H2,(H,21,22)/t9-,14-/m0/s1. The average molecular weight is 298 g/mol. The van der Waals surface area contributed by atoms with Crippen LogP contribution >= 0.6 is 0 Å². The van der Waals surface area contributed by atoms with Crippen molar-refractivity contribution in [1.82, 2.24) is 24.1 Å². The summed E-state index contributed by atoms with van der Waals surface area (Å²) < 4.78 is 3.70. The number of carbonyl (C=O) groups is 1. The van der Waals surface area contributed by atoms with Crippen molar-refractivity contribution in [2.75, 3.05) is 0 Å². The van der Waals surface area contributed by atoms with Crippen LogP contribution in [0.15, 0.2) is 37.2 Å². The van der Waals surface area contributed by atoms with Gasteiger partial charge in [0.25, 0.3) is 0 Å². The third kappa shape index (κ3) is 1.81. The zero-order valence-electron chi connectivity index (χ0n) is 11.6. The molecule has 0 saturated heterocycles. The van der Waals surface area contributed by atoms with Gasteiger partial charge in [0.15, 0.2) is 17.0 Å². The predicted octanol–water partition coefficient (Wildman–Crippen LogP) is 0.419. The minimum Gasteiger partial charge on any atom is -0.480 e. The number of carboxylic acid groups (broad SMARTS) is 1. The van der Waals surface area contributed by atoms with Crippen LogP contribution in [-0.4, -0.2) is 40.7 Å². The van der Waals surface area contributed by atoms with Crippen LogP contribution in [0.5, 0.6) is 0 Å². The highest BCUT2D eigenvalue weighted by Gasteiger charge is 2.57. The number of rotatable bonds is 4. The smallest absolute Gasteiger partial charge is 0.324 e. The van der Waals surface area contributed by atoms with Crippen molar-refractivity contribution in [2.24, 2.45) is 11.7 Å². The highest BCUT2D eigenvalue weighted by atomic mass is 16.4. The minimum absolute atomic E-state index is 0.104. The molecule has 0 amide bonds. The second-order valence-electron chi connectivity index (χ2n) is 5.60. The van der Waals surface area contributed by atoms with E-state index in [4.69, 9.17) is 10.8 Å². The summed E-state index contributed by atoms with van der Waals surface area (Å²) in [5.41, 5.74) is 6.07. The minimum atomic E-state index is -1.12. The maximum Gasteiger partial charge on any atom is 0.324 e. The molecule has 112 valence electrons. The van der Waals surface area contributed by atoms with Crippen LogP contribution in [-0.2, 0) is 11.3 Å². The highest BCUT2D eigenvalue weighted by Crippen LogP contribution is 2.42. The Balaban J connectivity index is 1.70. The summed E-state index contributed by atoms with van der Waals surface area (Å²) >= 11 is 0. The fourth-order valence-corrected chi connectivity index (χ4v) is 2.74. The number of aliphatic carboxylic acids is 1. The largest absolute Gasteiger partial charge is 0.480 e. The first-order valence-corrected chi connectivity index (χ1v) is 6.91. The monoisotopic (exact) mass is 298 g/mol. The maximum absolute atomic E-state index is 11.1. The molecule has 8 nitrogen and oxygen atoms in total. The van der Waals surface area contributed by atoms with Crippen LogP contribution in [0.25, 0.3) is 17.0 Å². The van der Waals surface area contributed by atoms with Gasteiger partial charge in [-0.15, -0.1) is 0 Å². The Hall–Kier alpha value is -2.74. The molecule has 0 bridgehead atoms. The van der Waals surface area contributed by atoms with Gasteiger partial charge >= 0.3 is 5.97 Å². The molecule has 1 aliphatic carbocycles. The van der Waals surface area contributed by atoms with E-state index in [9.17, 15) is 4.79 Å². The van der Waals surface area contributed by atoms with E-state index in [1.807, 2.05) is 33.7 Å². The van der Waals surface area contributed by atoms with E-state index in [2.05, 4.69) is 15.0 Å².